The molecule has 0 aliphatic carbocycles. The molecular weight excluding hydrogens is 358 g/mol. The summed E-state index contributed by atoms with van der Waals surface area (Å²) in [5.41, 5.74) is 1.65. The van der Waals surface area contributed by atoms with E-state index in [9.17, 15) is 4.79 Å². The van der Waals surface area contributed by atoms with Crippen LogP contribution >= 0.6 is 0 Å². The van der Waals surface area contributed by atoms with Crippen LogP contribution < -0.4 is 4.90 Å². The van der Waals surface area contributed by atoms with Crippen molar-refractivity contribution in [3.05, 3.63) is 29.5 Å². The van der Waals surface area contributed by atoms with Crippen LogP contribution in [-0.4, -0.2) is 61.9 Å². The lowest BCUT2D eigenvalue weighted by molar-refractivity contribution is 0.0704. The monoisotopic (exact) mass is 383 g/mol. The summed E-state index contributed by atoms with van der Waals surface area (Å²) >= 11 is 0. The Kier molecular flexibility index (Phi) is 4.74. The highest BCUT2D eigenvalue weighted by molar-refractivity contribution is 5.92. The van der Waals surface area contributed by atoms with Crippen LogP contribution in [0.2, 0.25) is 0 Å². The molecular formula is C19H25N7O2. The summed E-state index contributed by atoms with van der Waals surface area (Å²) in [7, 11) is 1.88. The average molecular weight is 383 g/mol. The average Bonchev–Trinajstić information content (AvgIpc) is 3.34. The molecule has 3 aromatic heterocycles. The maximum absolute atomic E-state index is 12.8. The molecule has 0 N–H and O–H groups in total. The van der Waals surface area contributed by atoms with Gasteiger partial charge in [0.15, 0.2) is 5.65 Å². The van der Waals surface area contributed by atoms with Crippen molar-refractivity contribution in [1.29, 1.82) is 0 Å². The number of nitrogens with zero attached hydrogens (tertiary/aromatic N) is 7. The largest absolute Gasteiger partial charge is 0.352 e. The topological polar surface area (TPSA) is 93.2 Å². The SMILES string of the molecule is CC[C@@H](C)c1cc(C(=O)N2CCN(c3nc(C)nc4c3cnn4C)CC2)on1. The second-order valence-electron chi connectivity index (χ2n) is 7.30. The number of piperazine rings is 1. The Balaban J connectivity index is 1.48. The molecule has 28 heavy (non-hydrogen) atoms. The third kappa shape index (κ3) is 3.21. The predicted octanol–water partition coefficient (Wildman–Crippen LogP) is 2.14. The lowest BCUT2D eigenvalue weighted by Crippen LogP contribution is -2.49. The van der Waals surface area contributed by atoms with Crippen LogP contribution in [0.1, 0.15) is 48.3 Å². The highest BCUT2D eigenvalue weighted by Gasteiger charge is 2.27. The van der Waals surface area contributed by atoms with Crippen molar-refractivity contribution in [3.63, 3.8) is 0 Å². The van der Waals surface area contributed by atoms with Crippen molar-refractivity contribution >= 4 is 22.8 Å². The minimum Gasteiger partial charge on any atom is -0.352 e. The summed E-state index contributed by atoms with van der Waals surface area (Å²) in [6.07, 6.45) is 2.76. The zero-order chi connectivity index (χ0) is 19.8. The van der Waals surface area contributed by atoms with Gasteiger partial charge < -0.3 is 14.3 Å². The van der Waals surface area contributed by atoms with Crippen molar-refractivity contribution < 1.29 is 9.32 Å². The van der Waals surface area contributed by atoms with Gasteiger partial charge in [0.05, 0.1) is 17.3 Å². The third-order valence-corrected chi connectivity index (χ3v) is 5.41. The van der Waals surface area contributed by atoms with Crippen molar-refractivity contribution in [2.75, 3.05) is 31.1 Å². The minimum absolute atomic E-state index is 0.105. The van der Waals surface area contributed by atoms with Gasteiger partial charge in [-0.3, -0.25) is 9.48 Å². The van der Waals surface area contributed by atoms with Gasteiger partial charge in [0, 0.05) is 45.2 Å². The van der Waals surface area contributed by atoms with E-state index in [0.717, 1.165) is 29.0 Å². The summed E-state index contributed by atoms with van der Waals surface area (Å²) in [6, 6.07) is 1.77. The molecule has 1 fully saturated rings. The molecule has 1 atom stereocenters. The highest BCUT2D eigenvalue weighted by atomic mass is 16.5. The maximum atomic E-state index is 12.8. The molecule has 0 spiro atoms. The number of carbonyl (C=O) groups excluding carboxylic acids is 1. The lowest BCUT2D eigenvalue weighted by Gasteiger charge is -2.35. The first kappa shape index (κ1) is 18.4. The van der Waals surface area contributed by atoms with E-state index in [4.69, 9.17) is 4.52 Å². The Morgan fingerprint density at radius 3 is 2.71 bits per heavy atom. The highest BCUT2D eigenvalue weighted by Crippen LogP contribution is 2.25. The Morgan fingerprint density at radius 1 is 1.25 bits per heavy atom. The molecule has 148 valence electrons. The van der Waals surface area contributed by atoms with E-state index < -0.39 is 0 Å². The van der Waals surface area contributed by atoms with Gasteiger partial charge >= 0.3 is 0 Å². The number of carbonyl (C=O) groups is 1. The quantitative estimate of drug-likeness (QED) is 0.681. The molecule has 4 heterocycles. The van der Waals surface area contributed by atoms with Gasteiger partial charge in [-0.05, 0) is 13.3 Å². The van der Waals surface area contributed by atoms with Crippen molar-refractivity contribution in [1.82, 2.24) is 29.8 Å². The number of anilines is 1. The van der Waals surface area contributed by atoms with Gasteiger partial charge in [-0.2, -0.15) is 5.10 Å². The maximum Gasteiger partial charge on any atom is 0.292 e. The fraction of sp³-hybridized carbons (Fsp3) is 0.526. The first-order valence-corrected chi connectivity index (χ1v) is 9.65. The van der Waals surface area contributed by atoms with E-state index in [1.165, 1.54) is 0 Å². The molecule has 0 bridgehead atoms. The minimum atomic E-state index is -0.105. The van der Waals surface area contributed by atoms with Gasteiger partial charge in [0.1, 0.15) is 11.6 Å². The van der Waals surface area contributed by atoms with Crippen LogP contribution in [0, 0.1) is 6.92 Å². The molecule has 1 aliphatic heterocycles. The van der Waals surface area contributed by atoms with E-state index in [2.05, 4.69) is 39.0 Å². The molecule has 9 nitrogen and oxygen atoms in total. The molecule has 3 aromatic rings. The number of fused-ring (bicyclic) bond motifs is 1. The first-order valence-electron chi connectivity index (χ1n) is 9.65. The van der Waals surface area contributed by atoms with Crippen LogP contribution in [-0.2, 0) is 7.05 Å². The van der Waals surface area contributed by atoms with E-state index in [1.54, 1.807) is 16.9 Å². The zero-order valence-corrected chi connectivity index (χ0v) is 16.7. The fourth-order valence-corrected chi connectivity index (χ4v) is 3.46. The zero-order valence-electron chi connectivity index (χ0n) is 16.7. The molecule has 1 aliphatic rings. The van der Waals surface area contributed by atoms with E-state index in [0.29, 0.717) is 37.8 Å². The summed E-state index contributed by atoms with van der Waals surface area (Å²) in [5, 5.41) is 9.29. The second kappa shape index (κ2) is 7.21. The number of hydrogen-bond donors (Lipinski definition) is 0. The molecule has 0 radical (unpaired) electrons. The van der Waals surface area contributed by atoms with Crippen LogP contribution in [0.15, 0.2) is 16.8 Å². The van der Waals surface area contributed by atoms with Gasteiger partial charge in [0.2, 0.25) is 5.76 Å². The summed E-state index contributed by atoms with van der Waals surface area (Å²) < 4.78 is 7.06. The van der Waals surface area contributed by atoms with Crippen LogP contribution in [0.4, 0.5) is 5.82 Å². The third-order valence-electron chi connectivity index (χ3n) is 5.41. The number of aromatic nitrogens is 5. The lowest BCUT2D eigenvalue weighted by atomic mass is 10.1. The molecule has 1 amide bonds. The van der Waals surface area contributed by atoms with Gasteiger partial charge in [-0.15, -0.1) is 0 Å². The second-order valence-corrected chi connectivity index (χ2v) is 7.30. The Labute approximate surface area is 163 Å². The molecule has 9 heteroatoms. The summed E-state index contributed by atoms with van der Waals surface area (Å²) in [4.78, 5) is 25.9. The van der Waals surface area contributed by atoms with Crippen LogP contribution in [0.3, 0.4) is 0 Å². The van der Waals surface area contributed by atoms with E-state index in [1.807, 2.05) is 18.9 Å². The Morgan fingerprint density at radius 2 is 2.00 bits per heavy atom. The molecule has 0 aromatic carbocycles. The van der Waals surface area contributed by atoms with Crippen LogP contribution in [0.5, 0.6) is 0 Å². The number of rotatable bonds is 4. The number of hydrogen-bond acceptors (Lipinski definition) is 7. The predicted molar refractivity (Wildman–Crippen MR) is 104 cm³/mol. The van der Waals surface area contributed by atoms with Gasteiger partial charge in [0.25, 0.3) is 5.91 Å². The smallest absolute Gasteiger partial charge is 0.292 e. The fourth-order valence-electron chi connectivity index (χ4n) is 3.46. The summed E-state index contributed by atoms with van der Waals surface area (Å²) in [6.45, 7) is 8.64. The molecule has 0 unspecified atom stereocenters. The van der Waals surface area contributed by atoms with Gasteiger partial charge in [-0.1, -0.05) is 19.0 Å². The van der Waals surface area contributed by atoms with Crippen LogP contribution in [0.25, 0.3) is 11.0 Å². The Bertz CT molecular complexity index is 1000. The normalized spacial score (nSPS) is 16.0. The van der Waals surface area contributed by atoms with Crippen molar-refractivity contribution in [3.8, 4) is 0 Å². The van der Waals surface area contributed by atoms with E-state index in [-0.39, 0.29) is 11.8 Å². The van der Waals surface area contributed by atoms with Crippen molar-refractivity contribution in [2.45, 2.75) is 33.1 Å². The Hall–Kier alpha value is -2.97. The molecule has 0 saturated carbocycles. The van der Waals surface area contributed by atoms with Crippen molar-refractivity contribution in [2.24, 2.45) is 7.05 Å². The van der Waals surface area contributed by atoms with E-state index >= 15 is 0 Å². The standard InChI is InChI=1S/C19H25N7O2/c1-5-12(2)15-10-16(28-23-15)19(27)26-8-6-25(7-9-26)18-14-11-20-24(4)17(14)21-13(3)22-18/h10-12H,5-9H2,1-4H3/t12-/m1/s1. The molecule has 4 rings (SSSR count). The van der Waals surface area contributed by atoms with Gasteiger partial charge in [-0.25, -0.2) is 9.97 Å². The number of aryl methyl sites for hydroxylation is 2. The summed E-state index contributed by atoms with van der Waals surface area (Å²) in [5.74, 6) is 2.08. The molecule has 1 saturated heterocycles. The first-order chi connectivity index (χ1) is 13.5. The number of amides is 1.